The fourth-order valence-electron chi connectivity index (χ4n) is 1.41. The van der Waals surface area contributed by atoms with Crippen LogP contribution in [0.3, 0.4) is 0 Å². The molecule has 0 aliphatic carbocycles. The Bertz CT molecular complexity index is 365. The Kier molecular flexibility index (Phi) is 4.70. The summed E-state index contributed by atoms with van der Waals surface area (Å²) in [6.07, 6.45) is 3.27. The highest BCUT2D eigenvalue weighted by Gasteiger charge is 2.15. The number of carbonyl (C=O) groups is 2. The van der Waals surface area contributed by atoms with E-state index in [-0.39, 0.29) is 0 Å². The lowest BCUT2D eigenvalue weighted by atomic mass is 10.0. The zero-order valence-corrected chi connectivity index (χ0v) is 9.66. The van der Waals surface area contributed by atoms with Crippen LogP contribution in [0.5, 0.6) is 0 Å². The first kappa shape index (κ1) is 12.4. The molecular weight excluding hydrogens is 204 g/mol. The van der Waals surface area contributed by atoms with Gasteiger partial charge in [-0.15, -0.1) is 0 Å². The molecule has 1 rings (SSSR count). The van der Waals surface area contributed by atoms with Crippen molar-refractivity contribution in [1.82, 2.24) is 0 Å². The number of hydrogen-bond donors (Lipinski definition) is 0. The minimum absolute atomic E-state index is 0.382. The maximum absolute atomic E-state index is 11.4. The van der Waals surface area contributed by atoms with Gasteiger partial charge in [0.1, 0.15) is 0 Å². The molecule has 0 N–H and O–H groups in total. The number of unbranched alkanes of at least 4 members (excludes halogenated alkanes) is 1. The lowest BCUT2D eigenvalue weighted by Gasteiger charge is -2.02. The van der Waals surface area contributed by atoms with E-state index in [1.54, 1.807) is 12.1 Å². The smallest absolute Gasteiger partial charge is 0.379 e. The molecule has 0 unspecified atom stereocenters. The highest BCUT2D eigenvalue weighted by atomic mass is 16.5. The van der Waals surface area contributed by atoms with Gasteiger partial charge < -0.3 is 4.74 Å². The van der Waals surface area contributed by atoms with Crippen molar-refractivity contribution in [2.45, 2.75) is 26.2 Å². The lowest BCUT2D eigenvalue weighted by molar-refractivity contribution is -0.135. The summed E-state index contributed by atoms with van der Waals surface area (Å²) in [5.41, 5.74) is 1.57. The Morgan fingerprint density at radius 1 is 1.19 bits per heavy atom. The van der Waals surface area contributed by atoms with Crippen molar-refractivity contribution in [2.75, 3.05) is 7.11 Å². The first-order chi connectivity index (χ1) is 7.69. The summed E-state index contributed by atoms with van der Waals surface area (Å²) in [6.45, 7) is 2.13. The van der Waals surface area contributed by atoms with Crippen LogP contribution in [0.4, 0.5) is 0 Å². The van der Waals surface area contributed by atoms with E-state index in [0.717, 1.165) is 19.3 Å². The van der Waals surface area contributed by atoms with Gasteiger partial charge in [-0.2, -0.15) is 0 Å². The molecule has 0 atom stereocenters. The van der Waals surface area contributed by atoms with Gasteiger partial charge in [0.2, 0.25) is 0 Å². The molecule has 0 radical (unpaired) electrons. The van der Waals surface area contributed by atoms with Crippen molar-refractivity contribution < 1.29 is 14.3 Å². The topological polar surface area (TPSA) is 43.4 Å². The molecule has 0 saturated carbocycles. The molecule has 0 amide bonds. The molecule has 0 spiro atoms. The van der Waals surface area contributed by atoms with Crippen LogP contribution >= 0.6 is 0 Å². The van der Waals surface area contributed by atoms with Crippen LogP contribution in [-0.4, -0.2) is 18.9 Å². The third kappa shape index (κ3) is 3.19. The Hall–Kier alpha value is -1.64. The monoisotopic (exact) mass is 220 g/mol. The molecule has 0 heterocycles. The molecule has 3 nitrogen and oxygen atoms in total. The summed E-state index contributed by atoms with van der Waals surface area (Å²) in [5, 5.41) is 0. The van der Waals surface area contributed by atoms with Gasteiger partial charge in [0.25, 0.3) is 5.78 Å². The van der Waals surface area contributed by atoms with Gasteiger partial charge in [-0.05, 0) is 18.4 Å². The predicted octanol–water partition coefficient (Wildman–Crippen LogP) is 2.38. The standard InChI is InChI=1S/C13H16O3/c1-3-4-5-10-6-8-11(9-7-10)12(14)13(15)16-2/h6-9H,3-5H2,1-2H3. The zero-order chi connectivity index (χ0) is 12.0. The van der Waals surface area contributed by atoms with Crippen molar-refractivity contribution in [3.05, 3.63) is 35.4 Å². The summed E-state index contributed by atoms with van der Waals surface area (Å²) < 4.78 is 4.37. The highest BCUT2D eigenvalue weighted by Crippen LogP contribution is 2.08. The van der Waals surface area contributed by atoms with Crippen molar-refractivity contribution in [1.29, 1.82) is 0 Å². The molecule has 0 aliphatic rings. The first-order valence-corrected chi connectivity index (χ1v) is 5.40. The van der Waals surface area contributed by atoms with Crippen LogP contribution < -0.4 is 0 Å². The van der Waals surface area contributed by atoms with Crippen LogP contribution in [-0.2, 0) is 16.0 Å². The van der Waals surface area contributed by atoms with Gasteiger partial charge in [0.05, 0.1) is 7.11 Å². The van der Waals surface area contributed by atoms with Crippen LogP contribution in [0.25, 0.3) is 0 Å². The van der Waals surface area contributed by atoms with Gasteiger partial charge in [-0.25, -0.2) is 4.79 Å². The molecule has 0 bridgehead atoms. The normalized spacial score (nSPS) is 9.88. The van der Waals surface area contributed by atoms with E-state index < -0.39 is 11.8 Å². The van der Waals surface area contributed by atoms with E-state index >= 15 is 0 Å². The van der Waals surface area contributed by atoms with Gasteiger partial charge in [-0.3, -0.25) is 4.79 Å². The van der Waals surface area contributed by atoms with E-state index in [4.69, 9.17) is 0 Å². The fourth-order valence-corrected chi connectivity index (χ4v) is 1.41. The number of rotatable bonds is 5. The molecular formula is C13H16O3. The van der Waals surface area contributed by atoms with Crippen molar-refractivity contribution in [3.8, 4) is 0 Å². The molecule has 0 saturated heterocycles. The van der Waals surface area contributed by atoms with Crippen molar-refractivity contribution >= 4 is 11.8 Å². The van der Waals surface area contributed by atoms with Crippen LogP contribution in [0.1, 0.15) is 35.7 Å². The minimum atomic E-state index is -0.818. The van der Waals surface area contributed by atoms with Crippen molar-refractivity contribution in [2.24, 2.45) is 0 Å². The number of methoxy groups -OCH3 is 1. The molecule has 86 valence electrons. The Labute approximate surface area is 95.4 Å². The second kappa shape index (κ2) is 6.05. The lowest BCUT2D eigenvalue weighted by Crippen LogP contribution is -2.15. The maximum atomic E-state index is 11.4. The number of ether oxygens (including phenoxy) is 1. The summed E-state index contributed by atoms with van der Waals surface area (Å²) in [5.74, 6) is -1.41. The van der Waals surface area contributed by atoms with Crippen LogP contribution in [0.15, 0.2) is 24.3 Å². The van der Waals surface area contributed by atoms with Crippen LogP contribution in [0.2, 0.25) is 0 Å². The zero-order valence-electron chi connectivity index (χ0n) is 9.66. The number of aryl methyl sites for hydroxylation is 1. The summed E-state index contributed by atoms with van der Waals surface area (Å²) in [7, 11) is 1.20. The third-order valence-electron chi connectivity index (χ3n) is 2.41. The van der Waals surface area contributed by atoms with E-state index in [9.17, 15) is 9.59 Å². The quantitative estimate of drug-likeness (QED) is 0.434. The summed E-state index contributed by atoms with van der Waals surface area (Å²) >= 11 is 0. The number of carbonyl (C=O) groups excluding carboxylic acids is 2. The number of benzene rings is 1. The van der Waals surface area contributed by atoms with Gasteiger partial charge in [0, 0.05) is 5.56 Å². The predicted molar refractivity (Wildman–Crippen MR) is 61.4 cm³/mol. The molecule has 0 aliphatic heterocycles. The summed E-state index contributed by atoms with van der Waals surface area (Å²) in [6, 6.07) is 7.10. The Balaban J connectivity index is 2.71. The molecule has 3 heteroatoms. The van der Waals surface area contributed by atoms with E-state index in [0.29, 0.717) is 5.56 Å². The minimum Gasteiger partial charge on any atom is -0.463 e. The second-order valence-electron chi connectivity index (χ2n) is 3.62. The average Bonchev–Trinajstić information content (AvgIpc) is 2.35. The van der Waals surface area contributed by atoms with E-state index in [1.165, 1.54) is 12.7 Å². The Morgan fingerprint density at radius 2 is 1.81 bits per heavy atom. The fraction of sp³-hybridized carbons (Fsp3) is 0.385. The first-order valence-electron chi connectivity index (χ1n) is 5.40. The number of ketones is 1. The van der Waals surface area contributed by atoms with Gasteiger partial charge in [-0.1, -0.05) is 37.6 Å². The van der Waals surface area contributed by atoms with E-state index in [1.807, 2.05) is 12.1 Å². The number of esters is 1. The Morgan fingerprint density at radius 3 is 2.31 bits per heavy atom. The van der Waals surface area contributed by atoms with Gasteiger partial charge >= 0.3 is 5.97 Å². The SMILES string of the molecule is CCCCc1ccc(C(=O)C(=O)OC)cc1. The third-order valence-corrected chi connectivity index (χ3v) is 2.41. The second-order valence-corrected chi connectivity index (χ2v) is 3.62. The highest BCUT2D eigenvalue weighted by molar-refractivity contribution is 6.40. The van der Waals surface area contributed by atoms with Crippen molar-refractivity contribution in [3.63, 3.8) is 0 Å². The molecule has 1 aromatic rings. The molecule has 0 fully saturated rings. The van der Waals surface area contributed by atoms with E-state index in [2.05, 4.69) is 11.7 Å². The number of Topliss-reactive ketones (excluding diaryl/α,β-unsaturated/α-hetero) is 1. The number of hydrogen-bond acceptors (Lipinski definition) is 3. The maximum Gasteiger partial charge on any atom is 0.379 e. The summed E-state index contributed by atoms with van der Waals surface area (Å²) in [4.78, 5) is 22.4. The van der Waals surface area contributed by atoms with Gasteiger partial charge in [0.15, 0.2) is 0 Å². The molecule has 16 heavy (non-hydrogen) atoms. The molecule has 1 aromatic carbocycles. The largest absolute Gasteiger partial charge is 0.463 e. The average molecular weight is 220 g/mol. The molecule has 0 aromatic heterocycles. The van der Waals surface area contributed by atoms with Crippen LogP contribution in [0, 0.1) is 0 Å².